The third-order valence-corrected chi connectivity index (χ3v) is 5.57. The van der Waals surface area contributed by atoms with Crippen LogP contribution in [-0.2, 0) is 0 Å². The van der Waals surface area contributed by atoms with Crippen LogP contribution in [0.4, 0.5) is 4.39 Å². The van der Waals surface area contributed by atoms with E-state index < -0.39 is 5.82 Å². The van der Waals surface area contributed by atoms with Crippen molar-refractivity contribution >= 4 is 5.78 Å². The molecule has 0 amide bonds. The maximum Gasteiger partial charge on any atom is 0.169 e. The van der Waals surface area contributed by atoms with Crippen molar-refractivity contribution in [3.05, 3.63) is 29.8 Å². The number of ketones is 1. The van der Waals surface area contributed by atoms with E-state index in [1.807, 2.05) is 0 Å². The van der Waals surface area contributed by atoms with Gasteiger partial charge in [-0.15, -0.1) is 0 Å². The summed E-state index contributed by atoms with van der Waals surface area (Å²) < 4.78 is 13.8. The molecule has 0 aliphatic heterocycles. The van der Waals surface area contributed by atoms with E-state index >= 15 is 0 Å². The third kappa shape index (κ3) is 1.74. The summed E-state index contributed by atoms with van der Waals surface area (Å²) in [5.74, 6) is 2.36. The molecule has 4 fully saturated rings. The summed E-state index contributed by atoms with van der Waals surface area (Å²) in [6.07, 6.45) is 8.81. The number of pyridine rings is 1. The average Bonchev–Trinajstić information content (AvgIpc) is 2.37. The van der Waals surface area contributed by atoms with Gasteiger partial charge in [0.15, 0.2) is 11.6 Å². The van der Waals surface area contributed by atoms with Gasteiger partial charge in [0.25, 0.3) is 0 Å². The van der Waals surface area contributed by atoms with Gasteiger partial charge in [-0.2, -0.15) is 0 Å². The molecule has 0 saturated heterocycles. The van der Waals surface area contributed by atoms with Crippen LogP contribution in [0.1, 0.15) is 42.5 Å². The Morgan fingerprint density at radius 1 is 1.11 bits per heavy atom. The zero-order chi connectivity index (χ0) is 13.0. The molecule has 3 heteroatoms. The van der Waals surface area contributed by atoms with E-state index in [2.05, 4.69) is 4.98 Å². The lowest BCUT2D eigenvalue weighted by atomic mass is 9.51. The number of rotatable bonds is 2. The molecule has 0 aromatic carbocycles. The molecule has 1 heterocycles. The molecule has 1 aromatic heterocycles. The Morgan fingerprint density at radius 3 is 2.32 bits per heavy atom. The minimum Gasteiger partial charge on any atom is -0.294 e. The molecular weight excluding hydrogens is 241 g/mol. The first-order chi connectivity index (χ1) is 9.22. The SMILES string of the molecule is O=C(c1ccncc1F)C1C2CC3CC(C2)CC1C3. The Balaban J connectivity index is 1.66. The van der Waals surface area contributed by atoms with Crippen LogP contribution < -0.4 is 0 Å². The fourth-order valence-electron chi connectivity index (χ4n) is 5.11. The second kappa shape index (κ2) is 4.12. The normalized spacial score (nSPS) is 39.5. The van der Waals surface area contributed by atoms with Crippen LogP contribution in [0.15, 0.2) is 18.5 Å². The first-order valence-electron chi connectivity index (χ1n) is 7.36. The Labute approximate surface area is 112 Å². The molecule has 5 rings (SSSR count). The Bertz CT molecular complexity index is 499. The Hall–Kier alpha value is -1.25. The third-order valence-electron chi connectivity index (χ3n) is 5.57. The molecule has 0 N–H and O–H groups in total. The molecule has 1 aromatic rings. The van der Waals surface area contributed by atoms with Gasteiger partial charge in [-0.1, -0.05) is 0 Å². The smallest absolute Gasteiger partial charge is 0.169 e. The summed E-state index contributed by atoms with van der Waals surface area (Å²) >= 11 is 0. The van der Waals surface area contributed by atoms with Crippen LogP contribution in [0.3, 0.4) is 0 Å². The number of aromatic nitrogens is 1. The predicted molar refractivity (Wildman–Crippen MR) is 69.1 cm³/mol. The fraction of sp³-hybridized carbons (Fsp3) is 0.625. The second-order valence-electron chi connectivity index (χ2n) is 6.68. The molecule has 4 bridgehead atoms. The number of hydrogen-bond donors (Lipinski definition) is 0. The fourth-order valence-corrected chi connectivity index (χ4v) is 5.11. The second-order valence-corrected chi connectivity index (χ2v) is 6.68. The molecule has 0 unspecified atom stereocenters. The standard InChI is InChI=1S/C16H18FNO/c17-14-8-18-2-1-13(14)16(19)15-11-4-9-3-10(6-11)7-12(15)5-9/h1-2,8-12,15H,3-7H2. The van der Waals surface area contributed by atoms with Crippen molar-refractivity contribution in [1.29, 1.82) is 0 Å². The number of Topliss-reactive ketones (excluding diaryl/α,β-unsaturated/α-hetero) is 1. The summed E-state index contributed by atoms with van der Waals surface area (Å²) in [4.78, 5) is 16.4. The number of carbonyl (C=O) groups is 1. The van der Waals surface area contributed by atoms with Crippen molar-refractivity contribution in [3.8, 4) is 0 Å². The largest absolute Gasteiger partial charge is 0.294 e. The highest BCUT2D eigenvalue weighted by Crippen LogP contribution is 2.57. The highest BCUT2D eigenvalue weighted by Gasteiger charge is 2.50. The highest BCUT2D eigenvalue weighted by atomic mass is 19.1. The number of hydrogen-bond acceptors (Lipinski definition) is 2. The number of nitrogens with zero attached hydrogens (tertiary/aromatic N) is 1. The Morgan fingerprint density at radius 2 is 1.74 bits per heavy atom. The Kier molecular flexibility index (Phi) is 2.51. The van der Waals surface area contributed by atoms with E-state index in [1.165, 1.54) is 38.3 Å². The summed E-state index contributed by atoms with van der Waals surface area (Å²) in [5.41, 5.74) is 0.257. The van der Waals surface area contributed by atoms with Gasteiger partial charge in [-0.05, 0) is 61.8 Å². The first kappa shape index (κ1) is 11.6. The average molecular weight is 259 g/mol. The van der Waals surface area contributed by atoms with Gasteiger partial charge in [0.2, 0.25) is 0 Å². The monoisotopic (exact) mass is 259 g/mol. The topological polar surface area (TPSA) is 30.0 Å². The summed E-state index contributed by atoms with van der Waals surface area (Å²) in [6, 6.07) is 1.54. The van der Waals surface area contributed by atoms with E-state index in [-0.39, 0.29) is 17.3 Å². The van der Waals surface area contributed by atoms with E-state index in [4.69, 9.17) is 0 Å². The predicted octanol–water partition coefficient (Wildman–Crippen LogP) is 3.48. The van der Waals surface area contributed by atoms with Crippen LogP contribution in [0.2, 0.25) is 0 Å². The summed E-state index contributed by atoms with van der Waals surface area (Å²) in [6.45, 7) is 0. The van der Waals surface area contributed by atoms with Crippen LogP contribution >= 0.6 is 0 Å². The van der Waals surface area contributed by atoms with Gasteiger partial charge in [0.1, 0.15) is 0 Å². The number of halogens is 1. The maximum absolute atomic E-state index is 13.8. The molecule has 4 saturated carbocycles. The van der Waals surface area contributed by atoms with Crippen molar-refractivity contribution in [1.82, 2.24) is 4.98 Å². The molecular formula is C16H18FNO. The molecule has 0 radical (unpaired) electrons. The van der Waals surface area contributed by atoms with Crippen LogP contribution in [0, 0.1) is 35.4 Å². The van der Waals surface area contributed by atoms with Gasteiger partial charge >= 0.3 is 0 Å². The molecule has 19 heavy (non-hydrogen) atoms. The van der Waals surface area contributed by atoms with Crippen molar-refractivity contribution in [3.63, 3.8) is 0 Å². The van der Waals surface area contributed by atoms with Gasteiger partial charge in [-0.3, -0.25) is 9.78 Å². The first-order valence-corrected chi connectivity index (χ1v) is 7.36. The lowest BCUT2D eigenvalue weighted by Crippen LogP contribution is -2.48. The molecule has 4 aliphatic carbocycles. The molecule has 0 atom stereocenters. The summed E-state index contributed by atoms with van der Waals surface area (Å²) in [7, 11) is 0. The lowest BCUT2D eigenvalue weighted by molar-refractivity contribution is -0.0252. The minimum absolute atomic E-state index is 0.0358. The van der Waals surface area contributed by atoms with Crippen molar-refractivity contribution in [2.24, 2.45) is 29.6 Å². The van der Waals surface area contributed by atoms with E-state index in [0.717, 1.165) is 18.0 Å². The van der Waals surface area contributed by atoms with E-state index in [0.29, 0.717) is 11.8 Å². The maximum atomic E-state index is 13.8. The van der Waals surface area contributed by atoms with Gasteiger partial charge < -0.3 is 0 Å². The zero-order valence-corrected chi connectivity index (χ0v) is 10.9. The molecule has 2 nitrogen and oxygen atoms in total. The van der Waals surface area contributed by atoms with Crippen molar-refractivity contribution in [2.45, 2.75) is 32.1 Å². The van der Waals surface area contributed by atoms with E-state index in [9.17, 15) is 9.18 Å². The lowest BCUT2D eigenvalue weighted by Gasteiger charge is -2.53. The van der Waals surface area contributed by atoms with Gasteiger partial charge in [0.05, 0.1) is 11.8 Å². The molecule has 100 valence electrons. The van der Waals surface area contributed by atoms with Gasteiger partial charge in [0, 0.05) is 12.1 Å². The highest BCUT2D eigenvalue weighted by molar-refractivity contribution is 5.98. The molecule has 0 spiro atoms. The quantitative estimate of drug-likeness (QED) is 0.761. The minimum atomic E-state index is -0.457. The van der Waals surface area contributed by atoms with Crippen molar-refractivity contribution < 1.29 is 9.18 Å². The van der Waals surface area contributed by atoms with Gasteiger partial charge in [-0.25, -0.2) is 4.39 Å². The molecule has 4 aliphatic rings. The van der Waals surface area contributed by atoms with Crippen LogP contribution in [-0.4, -0.2) is 10.8 Å². The van der Waals surface area contributed by atoms with E-state index in [1.54, 1.807) is 6.07 Å². The summed E-state index contributed by atoms with van der Waals surface area (Å²) in [5, 5.41) is 0. The zero-order valence-electron chi connectivity index (χ0n) is 10.9. The van der Waals surface area contributed by atoms with Crippen LogP contribution in [0.5, 0.6) is 0 Å². The van der Waals surface area contributed by atoms with Crippen molar-refractivity contribution in [2.75, 3.05) is 0 Å². The van der Waals surface area contributed by atoms with Crippen LogP contribution in [0.25, 0.3) is 0 Å². The number of carbonyl (C=O) groups excluding carboxylic acids is 1.